The van der Waals surface area contributed by atoms with E-state index in [4.69, 9.17) is 0 Å². The maximum atomic E-state index is 12.5. The predicted molar refractivity (Wildman–Crippen MR) is 130 cm³/mol. The molecule has 0 aliphatic rings. The number of hydrogen-bond donors (Lipinski definition) is 2. The highest BCUT2D eigenvalue weighted by molar-refractivity contribution is 5.88. The number of rotatable bonds is 8. The first kappa shape index (κ1) is 22.0. The second-order valence-corrected chi connectivity index (χ2v) is 7.89. The van der Waals surface area contributed by atoms with Crippen LogP contribution < -0.4 is 10.6 Å². The fourth-order valence-corrected chi connectivity index (χ4v) is 3.68. The molecule has 0 aliphatic heterocycles. The number of hydrogen-bond acceptors (Lipinski definition) is 3. The van der Waals surface area contributed by atoms with E-state index >= 15 is 0 Å². The minimum absolute atomic E-state index is 0.0494. The molecular formula is C27H26N4O2. The zero-order chi connectivity index (χ0) is 23.0. The summed E-state index contributed by atoms with van der Waals surface area (Å²) >= 11 is 0. The number of carbonyl (C=O) groups excluding carboxylic acids is 2. The van der Waals surface area contributed by atoms with E-state index in [0.717, 1.165) is 34.5 Å². The summed E-state index contributed by atoms with van der Waals surface area (Å²) in [6.45, 7) is 2.65. The second kappa shape index (κ2) is 10.4. The highest BCUT2D eigenvalue weighted by atomic mass is 16.2. The molecule has 33 heavy (non-hydrogen) atoms. The molecule has 4 aromatic rings. The lowest BCUT2D eigenvalue weighted by atomic mass is 9.98. The van der Waals surface area contributed by atoms with Crippen LogP contribution in [0.4, 0.5) is 5.69 Å². The van der Waals surface area contributed by atoms with Crippen molar-refractivity contribution >= 4 is 17.5 Å². The van der Waals surface area contributed by atoms with Crippen molar-refractivity contribution < 1.29 is 9.59 Å². The van der Waals surface area contributed by atoms with E-state index in [1.807, 2.05) is 47.3 Å². The molecule has 0 atom stereocenters. The molecule has 166 valence electrons. The topological polar surface area (TPSA) is 76.0 Å². The van der Waals surface area contributed by atoms with E-state index in [-0.39, 0.29) is 18.2 Å². The molecule has 0 spiro atoms. The zero-order valence-electron chi connectivity index (χ0n) is 18.5. The standard InChI is InChI=1S/C27H26N4O2/c1-20(32)30-25-13-9-21(10-14-25)17-27(33)28-18-24-5-2-3-6-26(24)23-11-7-22(8-12-23)19-31-16-4-15-29-31/h2-16H,17-19H2,1H3,(H,28,33)(H,30,32). The van der Waals surface area contributed by atoms with Crippen molar-refractivity contribution in [1.82, 2.24) is 15.1 Å². The maximum absolute atomic E-state index is 12.5. The Balaban J connectivity index is 1.37. The zero-order valence-corrected chi connectivity index (χ0v) is 18.5. The van der Waals surface area contributed by atoms with Crippen molar-refractivity contribution in [1.29, 1.82) is 0 Å². The Kier molecular flexibility index (Phi) is 6.95. The molecule has 4 rings (SSSR count). The quantitative estimate of drug-likeness (QED) is 0.428. The lowest BCUT2D eigenvalue weighted by molar-refractivity contribution is -0.120. The summed E-state index contributed by atoms with van der Waals surface area (Å²) in [5.74, 6) is -0.168. The summed E-state index contributed by atoms with van der Waals surface area (Å²) in [5.41, 5.74) is 6.06. The van der Waals surface area contributed by atoms with Crippen LogP contribution in [0.5, 0.6) is 0 Å². The minimum atomic E-state index is -0.119. The fraction of sp³-hybridized carbons (Fsp3) is 0.148. The van der Waals surface area contributed by atoms with E-state index in [9.17, 15) is 9.59 Å². The third-order valence-corrected chi connectivity index (χ3v) is 5.30. The van der Waals surface area contributed by atoms with Gasteiger partial charge >= 0.3 is 0 Å². The van der Waals surface area contributed by atoms with Gasteiger partial charge in [-0.3, -0.25) is 14.3 Å². The molecule has 0 saturated carbocycles. The Bertz CT molecular complexity index is 1210. The number of anilines is 1. The van der Waals surface area contributed by atoms with Crippen LogP contribution in [0.1, 0.15) is 23.6 Å². The first-order valence-electron chi connectivity index (χ1n) is 10.8. The first-order valence-corrected chi connectivity index (χ1v) is 10.8. The van der Waals surface area contributed by atoms with Crippen LogP contribution in [0.3, 0.4) is 0 Å². The van der Waals surface area contributed by atoms with Gasteiger partial charge in [0.25, 0.3) is 0 Å². The van der Waals surface area contributed by atoms with E-state index in [1.165, 1.54) is 12.5 Å². The number of amides is 2. The molecule has 2 N–H and O–H groups in total. The molecule has 0 aliphatic carbocycles. The molecule has 0 saturated heterocycles. The summed E-state index contributed by atoms with van der Waals surface area (Å²) in [7, 11) is 0. The molecule has 1 aromatic heterocycles. The highest BCUT2D eigenvalue weighted by Gasteiger charge is 2.08. The van der Waals surface area contributed by atoms with Gasteiger partial charge in [0.15, 0.2) is 0 Å². The molecule has 2 amide bonds. The molecular weight excluding hydrogens is 412 g/mol. The van der Waals surface area contributed by atoms with Gasteiger partial charge in [0.2, 0.25) is 11.8 Å². The van der Waals surface area contributed by atoms with Gasteiger partial charge in [0.05, 0.1) is 13.0 Å². The van der Waals surface area contributed by atoms with Gasteiger partial charge in [-0.25, -0.2) is 0 Å². The SMILES string of the molecule is CC(=O)Nc1ccc(CC(=O)NCc2ccccc2-c2ccc(Cn3cccn3)cc2)cc1. The Labute approximate surface area is 193 Å². The van der Waals surface area contributed by atoms with E-state index in [1.54, 1.807) is 18.3 Å². The number of benzene rings is 3. The Morgan fingerprint density at radius 1 is 0.879 bits per heavy atom. The van der Waals surface area contributed by atoms with Gasteiger partial charge < -0.3 is 10.6 Å². The van der Waals surface area contributed by atoms with E-state index in [2.05, 4.69) is 46.1 Å². The van der Waals surface area contributed by atoms with Gasteiger partial charge in [-0.05, 0) is 46.0 Å². The van der Waals surface area contributed by atoms with Gasteiger partial charge in [0, 0.05) is 31.5 Å². The van der Waals surface area contributed by atoms with Crippen LogP contribution in [0.15, 0.2) is 91.3 Å². The molecule has 0 unspecified atom stereocenters. The summed E-state index contributed by atoms with van der Waals surface area (Å²) in [4.78, 5) is 23.6. The van der Waals surface area contributed by atoms with Crippen molar-refractivity contribution in [3.63, 3.8) is 0 Å². The van der Waals surface area contributed by atoms with Crippen molar-refractivity contribution in [2.24, 2.45) is 0 Å². The molecule has 6 heteroatoms. The van der Waals surface area contributed by atoms with E-state index < -0.39 is 0 Å². The van der Waals surface area contributed by atoms with Gasteiger partial charge in [-0.2, -0.15) is 5.10 Å². The number of nitrogens with zero attached hydrogens (tertiary/aromatic N) is 2. The van der Waals surface area contributed by atoms with Crippen LogP contribution in [-0.4, -0.2) is 21.6 Å². The average molecular weight is 439 g/mol. The van der Waals surface area contributed by atoms with Crippen LogP contribution in [0, 0.1) is 0 Å². The third kappa shape index (κ3) is 6.17. The van der Waals surface area contributed by atoms with Crippen LogP contribution in [0.25, 0.3) is 11.1 Å². The summed E-state index contributed by atoms with van der Waals surface area (Å²) < 4.78 is 1.89. The normalized spacial score (nSPS) is 10.6. The second-order valence-electron chi connectivity index (χ2n) is 7.89. The molecule has 1 heterocycles. The molecule has 3 aromatic carbocycles. The Hall–Kier alpha value is -4.19. The number of carbonyl (C=O) groups is 2. The van der Waals surface area contributed by atoms with Crippen LogP contribution in [-0.2, 0) is 29.1 Å². The predicted octanol–water partition coefficient (Wildman–Crippen LogP) is 4.42. The first-order chi connectivity index (χ1) is 16.1. The highest BCUT2D eigenvalue weighted by Crippen LogP contribution is 2.24. The van der Waals surface area contributed by atoms with Crippen molar-refractivity contribution in [3.05, 3.63) is 108 Å². The van der Waals surface area contributed by atoms with E-state index in [0.29, 0.717) is 6.54 Å². The lowest BCUT2D eigenvalue weighted by Gasteiger charge is -2.12. The largest absolute Gasteiger partial charge is 0.352 e. The fourth-order valence-electron chi connectivity index (χ4n) is 3.68. The molecule has 0 fully saturated rings. The minimum Gasteiger partial charge on any atom is -0.352 e. The summed E-state index contributed by atoms with van der Waals surface area (Å²) in [6, 6.07) is 25.8. The smallest absolute Gasteiger partial charge is 0.224 e. The average Bonchev–Trinajstić information content (AvgIpc) is 3.33. The number of nitrogens with one attached hydrogen (secondary N) is 2. The van der Waals surface area contributed by atoms with Gasteiger partial charge in [-0.15, -0.1) is 0 Å². The van der Waals surface area contributed by atoms with Crippen LogP contribution in [0.2, 0.25) is 0 Å². The monoisotopic (exact) mass is 438 g/mol. The molecule has 0 radical (unpaired) electrons. The summed E-state index contributed by atoms with van der Waals surface area (Å²) in [6.07, 6.45) is 4.01. The lowest BCUT2D eigenvalue weighted by Crippen LogP contribution is -2.24. The van der Waals surface area contributed by atoms with Gasteiger partial charge in [-0.1, -0.05) is 60.7 Å². The summed E-state index contributed by atoms with van der Waals surface area (Å²) in [5, 5.41) is 10.0. The van der Waals surface area contributed by atoms with Crippen LogP contribution >= 0.6 is 0 Å². The number of aromatic nitrogens is 2. The third-order valence-electron chi connectivity index (χ3n) is 5.30. The molecule has 6 nitrogen and oxygen atoms in total. The van der Waals surface area contributed by atoms with Crippen molar-refractivity contribution in [2.45, 2.75) is 26.4 Å². The van der Waals surface area contributed by atoms with Gasteiger partial charge in [0.1, 0.15) is 0 Å². The van der Waals surface area contributed by atoms with Crippen molar-refractivity contribution in [3.8, 4) is 11.1 Å². The maximum Gasteiger partial charge on any atom is 0.224 e. The molecule has 0 bridgehead atoms. The van der Waals surface area contributed by atoms with Crippen molar-refractivity contribution in [2.75, 3.05) is 5.32 Å². The Morgan fingerprint density at radius 3 is 2.30 bits per heavy atom. The Morgan fingerprint density at radius 2 is 1.61 bits per heavy atom.